The molecule has 0 fully saturated rings. The van der Waals surface area contributed by atoms with Gasteiger partial charge in [-0.05, 0) is 34.1 Å². The zero-order chi connectivity index (χ0) is 25.4. The molecule has 2 nitrogen and oxygen atoms in total. The summed E-state index contributed by atoms with van der Waals surface area (Å²) in [5.41, 5.74) is 7.86. The fourth-order valence-electron chi connectivity index (χ4n) is 4.07. The van der Waals surface area contributed by atoms with Gasteiger partial charge in [0.15, 0.2) is 0 Å². The molecule has 0 saturated carbocycles. The molecule has 0 atom stereocenters. The Hall–Kier alpha value is -3.17. The molecule has 5 rings (SSSR count). The first-order valence-electron chi connectivity index (χ1n) is 12.4. The van der Waals surface area contributed by atoms with E-state index in [4.69, 9.17) is 0 Å². The topological polar surface area (TPSA) is 25.8 Å². The van der Waals surface area contributed by atoms with E-state index in [1.165, 1.54) is 16.3 Å². The average Bonchev–Trinajstić information content (AvgIpc) is 2.94. The molecule has 1 radical (unpaired) electrons. The molecule has 37 heavy (non-hydrogen) atoms. The molecule has 0 spiro atoms. The summed E-state index contributed by atoms with van der Waals surface area (Å²) in [6.45, 7) is 9.34. The number of aromatic nitrogens is 2. The van der Waals surface area contributed by atoms with Crippen LogP contribution in [0.3, 0.4) is 0 Å². The van der Waals surface area contributed by atoms with Gasteiger partial charge in [-0.3, -0.25) is 0 Å². The van der Waals surface area contributed by atoms with Gasteiger partial charge < -0.3 is 9.97 Å². The molecule has 0 N–H and O–H groups in total. The van der Waals surface area contributed by atoms with Crippen molar-refractivity contribution in [2.45, 2.75) is 33.0 Å². The van der Waals surface area contributed by atoms with Gasteiger partial charge >= 0.3 is 0 Å². The Balaban J connectivity index is 0.000000200. The standard InChI is InChI=1S/C17H12N.C16H20NSi.Ir/c1-3-7-14(8-4-1)16-11-12-17(18-13-16)15-9-5-2-6-10-15;1-5-13-11-15(14-9-7-6-8-10-14)17-12-16(13)18(2,3)4;/h1-9,11-13H;6-9,11-12H,5H2,1-4H3;/q2*-1;. The third kappa shape index (κ3) is 7.66. The van der Waals surface area contributed by atoms with E-state index >= 15 is 0 Å². The van der Waals surface area contributed by atoms with Crippen molar-refractivity contribution < 1.29 is 20.1 Å². The fourth-order valence-corrected chi connectivity index (χ4v) is 5.74. The van der Waals surface area contributed by atoms with E-state index < -0.39 is 8.07 Å². The summed E-state index contributed by atoms with van der Waals surface area (Å²) in [6, 6.07) is 39.0. The van der Waals surface area contributed by atoms with Crippen LogP contribution in [0.25, 0.3) is 33.6 Å². The Morgan fingerprint density at radius 2 is 1.24 bits per heavy atom. The summed E-state index contributed by atoms with van der Waals surface area (Å²) in [6.07, 6.45) is 5.06. The van der Waals surface area contributed by atoms with Gasteiger partial charge in [0.05, 0.1) is 8.07 Å². The molecule has 0 amide bonds. The van der Waals surface area contributed by atoms with Gasteiger partial charge in [0.25, 0.3) is 0 Å². The van der Waals surface area contributed by atoms with Gasteiger partial charge in [0.2, 0.25) is 0 Å². The fraction of sp³-hybridized carbons (Fsp3) is 0.152. The molecular weight excluding hydrogens is 645 g/mol. The molecule has 0 unspecified atom stereocenters. The number of hydrogen-bond acceptors (Lipinski definition) is 2. The normalized spacial score (nSPS) is 10.6. The Morgan fingerprint density at radius 3 is 1.76 bits per heavy atom. The quantitative estimate of drug-likeness (QED) is 0.140. The predicted molar refractivity (Wildman–Crippen MR) is 155 cm³/mol. The molecule has 2 aromatic heterocycles. The van der Waals surface area contributed by atoms with Gasteiger partial charge in [-0.2, -0.15) is 0 Å². The van der Waals surface area contributed by atoms with Crippen LogP contribution in [0.15, 0.2) is 109 Å². The molecule has 2 heterocycles. The third-order valence-electron chi connectivity index (χ3n) is 6.02. The van der Waals surface area contributed by atoms with Crippen LogP contribution in [0.1, 0.15) is 12.5 Å². The number of nitrogens with zero attached hydrogens (tertiary/aromatic N) is 2. The summed E-state index contributed by atoms with van der Waals surface area (Å²) < 4.78 is 0. The van der Waals surface area contributed by atoms with Gasteiger partial charge in [-0.15, -0.1) is 71.8 Å². The molecule has 189 valence electrons. The molecule has 0 aliphatic heterocycles. The van der Waals surface area contributed by atoms with E-state index in [0.717, 1.165) is 34.5 Å². The Bertz CT molecular complexity index is 1310. The molecule has 4 heteroatoms. The van der Waals surface area contributed by atoms with Crippen molar-refractivity contribution in [3.8, 4) is 33.6 Å². The maximum Gasteiger partial charge on any atom is 0.0798 e. The summed E-state index contributed by atoms with van der Waals surface area (Å²) in [7, 11) is -1.30. The Morgan fingerprint density at radius 1 is 0.649 bits per heavy atom. The van der Waals surface area contributed by atoms with E-state index in [2.05, 4.69) is 85.2 Å². The van der Waals surface area contributed by atoms with Crippen molar-refractivity contribution >= 4 is 13.3 Å². The van der Waals surface area contributed by atoms with Crippen molar-refractivity contribution in [3.63, 3.8) is 0 Å². The molecule has 0 saturated heterocycles. The monoisotopic (exact) mass is 677 g/mol. The summed E-state index contributed by atoms with van der Waals surface area (Å²) in [4.78, 5) is 9.12. The zero-order valence-corrected chi connectivity index (χ0v) is 25.2. The van der Waals surface area contributed by atoms with Crippen molar-refractivity contribution in [2.24, 2.45) is 0 Å². The van der Waals surface area contributed by atoms with Gasteiger partial charge in [-0.1, -0.05) is 80.7 Å². The number of aryl methyl sites for hydroxylation is 1. The number of pyridine rings is 2. The van der Waals surface area contributed by atoms with Crippen LogP contribution in [0.5, 0.6) is 0 Å². The number of benzene rings is 3. The maximum atomic E-state index is 4.63. The molecular formula is C33H32IrN2Si-2. The number of rotatable bonds is 5. The Kier molecular flexibility index (Phi) is 10.3. The Labute approximate surface area is 236 Å². The van der Waals surface area contributed by atoms with Gasteiger partial charge in [-0.25, -0.2) is 0 Å². The van der Waals surface area contributed by atoms with Crippen LogP contribution in [-0.4, -0.2) is 18.0 Å². The van der Waals surface area contributed by atoms with Crippen molar-refractivity contribution in [1.29, 1.82) is 0 Å². The maximum absolute atomic E-state index is 4.63. The van der Waals surface area contributed by atoms with E-state index in [1.54, 1.807) is 0 Å². The van der Waals surface area contributed by atoms with Crippen molar-refractivity contribution in [1.82, 2.24) is 9.97 Å². The zero-order valence-electron chi connectivity index (χ0n) is 21.8. The first-order valence-corrected chi connectivity index (χ1v) is 15.9. The van der Waals surface area contributed by atoms with Crippen LogP contribution in [0, 0.1) is 12.1 Å². The van der Waals surface area contributed by atoms with E-state index in [9.17, 15) is 0 Å². The minimum absolute atomic E-state index is 0. The molecule has 0 aliphatic carbocycles. The minimum Gasteiger partial charge on any atom is -0.305 e. The van der Waals surface area contributed by atoms with Crippen LogP contribution >= 0.6 is 0 Å². The molecule has 3 aromatic carbocycles. The second-order valence-corrected chi connectivity index (χ2v) is 14.7. The summed E-state index contributed by atoms with van der Waals surface area (Å²) >= 11 is 0. The second-order valence-electron chi connectivity index (χ2n) is 9.68. The van der Waals surface area contributed by atoms with Crippen molar-refractivity contribution in [2.75, 3.05) is 0 Å². The van der Waals surface area contributed by atoms with Crippen LogP contribution < -0.4 is 5.19 Å². The molecule has 5 aromatic rings. The first-order chi connectivity index (χ1) is 17.5. The third-order valence-corrected chi connectivity index (χ3v) is 8.09. The number of hydrogen-bond donors (Lipinski definition) is 0. The van der Waals surface area contributed by atoms with Crippen LogP contribution in [0.4, 0.5) is 0 Å². The van der Waals surface area contributed by atoms with Crippen LogP contribution in [0.2, 0.25) is 19.6 Å². The first kappa shape index (κ1) is 28.4. The summed E-state index contributed by atoms with van der Waals surface area (Å²) in [5, 5.41) is 1.48. The molecule has 0 aliphatic rings. The minimum atomic E-state index is -1.30. The van der Waals surface area contributed by atoms with Crippen molar-refractivity contribution in [3.05, 3.63) is 127 Å². The average molecular weight is 677 g/mol. The molecule has 0 bridgehead atoms. The van der Waals surface area contributed by atoms with Crippen LogP contribution in [-0.2, 0) is 26.5 Å². The van der Waals surface area contributed by atoms with E-state index in [-0.39, 0.29) is 20.1 Å². The van der Waals surface area contributed by atoms with E-state index in [1.807, 2.05) is 72.9 Å². The predicted octanol–water partition coefficient (Wildman–Crippen LogP) is 7.87. The van der Waals surface area contributed by atoms with Gasteiger partial charge in [0, 0.05) is 32.5 Å². The summed E-state index contributed by atoms with van der Waals surface area (Å²) in [5.74, 6) is 0. The SMILES string of the molecule is CCc1cc(-c2[c-]cccc2)ncc1[Si](C)(C)C.[Ir].[c-]1ccccc1-c1ccc(-c2ccccc2)cn1. The smallest absolute Gasteiger partial charge is 0.0798 e. The van der Waals surface area contributed by atoms with Gasteiger partial charge in [0.1, 0.15) is 0 Å². The largest absolute Gasteiger partial charge is 0.305 e. The second kappa shape index (κ2) is 13.4. The van der Waals surface area contributed by atoms with E-state index in [0.29, 0.717) is 0 Å².